The van der Waals surface area contributed by atoms with Gasteiger partial charge in [0.25, 0.3) is 5.91 Å². The lowest BCUT2D eigenvalue weighted by atomic mass is 9.84. The number of carbonyl (C=O) groups excluding carboxylic acids is 1. The number of fused-ring (bicyclic) bond motifs is 1. The van der Waals surface area contributed by atoms with Gasteiger partial charge < -0.3 is 10.4 Å². The molecule has 0 spiro atoms. The first-order valence-electron chi connectivity index (χ1n) is 6.64. The number of nitrogens with one attached hydrogen (secondary N) is 1. The monoisotopic (exact) mass is 352 g/mol. The molecule has 1 aliphatic heterocycles. The first-order chi connectivity index (χ1) is 11.2. The van der Waals surface area contributed by atoms with Gasteiger partial charge in [-0.2, -0.15) is 18.4 Å². The van der Waals surface area contributed by atoms with Crippen LogP contribution in [0.5, 0.6) is 0 Å². The number of carbonyl (C=O) groups is 1. The van der Waals surface area contributed by atoms with E-state index in [0.29, 0.717) is 6.07 Å². The number of nitrogens with zero attached hydrogens (tertiary/aromatic N) is 1. The number of hydrogen-bond acceptors (Lipinski definition) is 3. The zero-order valence-electron chi connectivity index (χ0n) is 11.8. The van der Waals surface area contributed by atoms with Crippen LogP contribution in [0.1, 0.15) is 22.3 Å². The highest BCUT2D eigenvalue weighted by atomic mass is 35.5. The van der Waals surface area contributed by atoms with E-state index >= 15 is 0 Å². The molecule has 2 aromatic carbocycles. The van der Waals surface area contributed by atoms with Gasteiger partial charge >= 0.3 is 6.18 Å². The van der Waals surface area contributed by atoms with E-state index in [1.54, 1.807) is 6.07 Å². The maximum Gasteiger partial charge on any atom is 0.416 e. The molecule has 24 heavy (non-hydrogen) atoms. The Hall–Kier alpha value is -2.56. The topological polar surface area (TPSA) is 73.1 Å². The SMILES string of the molecule is N#Cc1cc2c(c(C(F)(F)F)c1)[C@](O)(c1ccccc1Cl)C(=O)N2. The molecule has 1 aliphatic rings. The number of anilines is 1. The van der Waals surface area contributed by atoms with Crippen LogP contribution in [0.4, 0.5) is 18.9 Å². The minimum atomic E-state index is -4.88. The molecule has 0 aromatic heterocycles. The minimum absolute atomic E-state index is 0.0551. The average molecular weight is 353 g/mol. The predicted octanol–water partition coefficient (Wildman–Crippen LogP) is 3.42. The lowest BCUT2D eigenvalue weighted by molar-refractivity contribution is -0.141. The van der Waals surface area contributed by atoms with Crippen molar-refractivity contribution in [1.29, 1.82) is 5.26 Å². The van der Waals surface area contributed by atoms with Crippen LogP contribution >= 0.6 is 11.6 Å². The Morgan fingerprint density at radius 1 is 1.25 bits per heavy atom. The van der Waals surface area contributed by atoms with Gasteiger partial charge in [-0.05, 0) is 18.2 Å². The van der Waals surface area contributed by atoms with Crippen molar-refractivity contribution in [3.63, 3.8) is 0 Å². The van der Waals surface area contributed by atoms with Crippen LogP contribution in [0.2, 0.25) is 5.02 Å². The van der Waals surface area contributed by atoms with Gasteiger partial charge in [0.05, 0.1) is 17.2 Å². The van der Waals surface area contributed by atoms with Gasteiger partial charge in [-0.15, -0.1) is 0 Å². The third-order valence-electron chi connectivity index (χ3n) is 3.78. The maximum absolute atomic E-state index is 13.5. The predicted molar refractivity (Wildman–Crippen MR) is 79.2 cm³/mol. The summed E-state index contributed by atoms with van der Waals surface area (Å²) < 4.78 is 40.4. The van der Waals surface area contributed by atoms with Gasteiger partial charge in [-0.25, -0.2) is 0 Å². The van der Waals surface area contributed by atoms with E-state index in [4.69, 9.17) is 16.9 Å². The van der Waals surface area contributed by atoms with E-state index in [-0.39, 0.29) is 21.8 Å². The molecule has 1 amide bonds. The summed E-state index contributed by atoms with van der Waals surface area (Å²) >= 11 is 5.98. The molecule has 0 fully saturated rings. The maximum atomic E-state index is 13.5. The number of benzene rings is 2. The molecule has 122 valence electrons. The molecule has 0 saturated carbocycles. The number of aliphatic hydroxyl groups is 1. The van der Waals surface area contributed by atoms with Gasteiger partial charge in [-0.3, -0.25) is 4.79 Å². The molecular weight excluding hydrogens is 345 g/mol. The molecule has 8 heteroatoms. The molecule has 0 bridgehead atoms. The van der Waals surface area contributed by atoms with Crippen molar-refractivity contribution < 1.29 is 23.1 Å². The standard InChI is InChI=1S/C16H8ClF3N2O2/c17-11-4-2-1-3-9(11)15(24)13-10(16(18,19)20)5-8(7-21)6-12(13)22-14(15)23/h1-6,24H,(H,22,23)/t15-/m1/s1. The second-order valence-corrected chi connectivity index (χ2v) is 5.61. The van der Waals surface area contributed by atoms with Gasteiger partial charge in [-0.1, -0.05) is 29.8 Å². The van der Waals surface area contributed by atoms with Crippen LogP contribution < -0.4 is 5.32 Å². The molecule has 1 heterocycles. The Balaban J connectivity index is 2.39. The highest BCUT2D eigenvalue weighted by molar-refractivity contribution is 6.32. The fourth-order valence-electron chi connectivity index (χ4n) is 2.76. The summed E-state index contributed by atoms with van der Waals surface area (Å²) in [5.74, 6) is -1.06. The summed E-state index contributed by atoms with van der Waals surface area (Å²) in [4.78, 5) is 12.3. The molecule has 0 radical (unpaired) electrons. The fraction of sp³-hybridized carbons (Fsp3) is 0.125. The molecule has 2 aromatic rings. The molecule has 1 atom stereocenters. The average Bonchev–Trinajstić information content (AvgIpc) is 2.77. The quantitative estimate of drug-likeness (QED) is 0.826. The Morgan fingerprint density at radius 3 is 2.50 bits per heavy atom. The van der Waals surface area contributed by atoms with Crippen LogP contribution in [0.3, 0.4) is 0 Å². The van der Waals surface area contributed by atoms with Crippen molar-refractivity contribution in [1.82, 2.24) is 0 Å². The summed E-state index contributed by atoms with van der Waals surface area (Å²) in [6.45, 7) is 0. The van der Waals surface area contributed by atoms with Gasteiger partial charge in [0.2, 0.25) is 0 Å². The van der Waals surface area contributed by atoms with Crippen LogP contribution in [-0.2, 0) is 16.6 Å². The van der Waals surface area contributed by atoms with Crippen molar-refractivity contribution in [2.75, 3.05) is 5.32 Å². The zero-order chi connectivity index (χ0) is 17.7. The summed E-state index contributed by atoms with van der Waals surface area (Å²) in [5, 5.41) is 21.9. The van der Waals surface area contributed by atoms with Crippen molar-refractivity contribution in [2.24, 2.45) is 0 Å². The third kappa shape index (κ3) is 2.23. The highest BCUT2D eigenvalue weighted by Crippen LogP contribution is 2.49. The van der Waals surface area contributed by atoms with E-state index in [9.17, 15) is 23.1 Å². The summed E-state index contributed by atoms with van der Waals surface area (Å²) in [6.07, 6.45) is -4.88. The van der Waals surface area contributed by atoms with Crippen LogP contribution in [0.25, 0.3) is 0 Å². The molecule has 0 unspecified atom stereocenters. The number of alkyl halides is 3. The van der Waals surface area contributed by atoms with Crippen molar-refractivity contribution in [3.05, 3.63) is 63.7 Å². The Bertz CT molecular complexity index is 905. The summed E-state index contributed by atoms with van der Waals surface area (Å²) in [7, 11) is 0. The van der Waals surface area contributed by atoms with Gasteiger partial charge in [0, 0.05) is 21.8 Å². The Labute approximate surface area is 139 Å². The lowest BCUT2D eigenvalue weighted by Crippen LogP contribution is -2.37. The van der Waals surface area contributed by atoms with Crippen molar-refractivity contribution in [2.45, 2.75) is 11.8 Å². The van der Waals surface area contributed by atoms with E-state index in [1.807, 2.05) is 0 Å². The third-order valence-corrected chi connectivity index (χ3v) is 4.10. The number of nitriles is 1. The normalized spacial score (nSPS) is 19.6. The zero-order valence-corrected chi connectivity index (χ0v) is 12.5. The van der Waals surface area contributed by atoms with E-state index < -0.39 is 28.8 Å². The van der Waals surface area contributed by atoms with E-state index in [1.165, 1.54) is 24.3 Å². The molecule has 3 rings (SSSR count). The highest BCUT2D eigenvalue weighted by Gasteiger charge is 2.53. The molecule has 0 aliphatic carbocycles. The Kier molecular flexibility index (Phi) is 3.55. The fourth-order valence-corrected chi connectivity index (χ4v) is 3.03. The van der Waals surface area contributed by atoms with Gasteiger partial charge in [0.15, 0.2) is 5.60 Å². The van der Waals surface area contributed by atoms with Gasteiger partial charge in [0.1, 0.15) is 0 Å². The molecule has 2 N–H and O–H groups in total. The van der Waals surface area contributed by atoms with E-state index in [2.05, 4.69) is 5.32 Å². The van der Waals surface area contributed by atoms with Crippen LogP contribution in [-0.4, -0.2) is 11.0 Å². The summed E-state index contributed by atoms with van der Waals surface area (Å²) in [5.41, 5.74) is -5.26. The van der Waals surface area contributed by atoms with Crippen LogP contribution in [0, 0.1) is 11.3 Å². The van der Waals surface area contributed by atoms with Crippen molar-refractivity contribution in [3.8, 4) is 6.07 Å². The lowest BCUT2D eigenvalue weighted by Gasteiger charge is -2.25. The molecule has 0 saturated heterocycles. The number of hydrogen-bond donors (Lipinski definition) is 2. The van der Waals surface area contributed by atoms with Crippen molar-refractivity contribution >= 4 is 23.2 Å². The Morgan fingerprint density at radius 2 is 1.92 bits per heavy atom. The smallest absolute Gasteiger partial charge is 0.372 e. The summed E-state index contributed by atoms with van der Waals surface area (Å²) in [6, 6.07) is 8.88. The number of halogens is 4. The second kappa shape index (κ2) is 5.23. The molecular formula is C16H8ClF3N2O2. The molecule has 4 nitrogen and oxygen atoms in total. The second-order valence-electron chi connectivity index (χ2n) is 5.20. The number of amides is 1. The first-order valence-corrected chi connectivity index (χ1v) is 7.02. The number of rotatable bonds is 1. The minimum Gasteiger partial charge on any atom is -0.372 e. The van der Waals surface area contributed by atoms with Crippen LogP contribution in [0.15, 0.2) is 36.4 Å². The largest absolute Gasteiger partial charge is 0.416 e. The van der Waals surface area contributed by atoms with E-state index in [0.717, 1.165) is 6.07 Å². The first kappa shape index (κ1) is 16.3.